The average molecular weight is 287 g/mol. The number of likely N-dealkylation sites (tertiary alicyclic amines) is 2. The lowest BCUT2D eigenvalue weighted by atomic mass is 9.92. The Hall–Kier alpha value is -0.930. The van der Waals surface area contributed by atoms with E-state index in [-0.39, 0.29) is 0 Å². The zero-order valence-corrected chi connectivity index (χ0v) is 13.6. The van der Waals surface area contributed by atoms with Gasteiger partial charge in [0.25, 0.3) is 0 Å². The standard InChI is InChI=1S/C18H29N3/c1-15-12-16(14-21-8-4-3-5-9-21)13-18(19-15)17-6-10-20(2)11-7-17/h12-13,17H,3-11,14H2,1-2H3. The summed E-state index contributed by atoms with van der Waals surface area (Å²) in [7, 11) is 2.22. The van der Waals surface area contributed by atoms with E-state index < -0.39 is 0 Å². The summed E-state index contributed by atoms with van der Waals surface area (Å²) in [5.41, 5.74) is 4.01. The number of hydrogen-bond donors (Lipinski definition) is 0. The van der Waals surface area contributed by atoms with Gasteiger partial charge < -0.3 is 4.90 Å². The number of piperidine rings is 2. The fourth-order valence-corrected chi connectivity index (χ4v) is 3.75. The fourth-order valence-electron chi connectivity index (χ4n) is 3.75. The lowest BCUT2D eigenvalue weighted by molar-refractivity contribution is 0.220. The molecule has 0 unspecified atom stereocenters. The first-order chi connectivity index (χ1) is 10.2. The molecule has 1 aromatic heterocycles. The number of hydrogen-bond acceptors (Lipinski definition) is 3. The molecule has 0 spiro atoms. The quantitative estimate of drug-likeness (QED) is 0.851. The Morgan fingerprint density at radius 1 is 1.05 bits per heavy atom. The van der Waals surface area contributed by atoms with Gasteiger partial charge in [0.15, 0.2) is 0 Å². The molecule has 0 N–H and O–H groups in total. The highest BCUT2D eigenvalue weighted by atomic mass is 15.1. The van der Waals surface area contributed by atoms with E-state index in [0.29, 0.717) is 5.92 Å². The Bertz CT molecular complexity index is 458. The Morgan fingerprint density at radius 2 is 1.76 bits per heavy atom. The van der Waals surface area contributed by atoms with Crippen LogP contribution in [0.4, 0.5) is 0 Å². The van der Waals surface area contributed by atoms with Crippen LogP contribution in [0.3, 0.4) is 0 Å². The number of aromatic nitrogens is 1. The molecule has 3 heterocycles. The van der Waals surface area contributed by atoms with Crippen LogP contribution in [0.15, 0.2) is 12.1 Å². The molecule has 0 atom stereocenters. The maximum atomic E-state index is 4.84. The summed E-state index contributed by atoms with van der Waals surface area (Å²) in [6, 6.07) is 4.67. The van der Waals surface area contributed by atoms with Crippen LogP contribution in [0.1, 0.15) is 55.0 Å². The molecular formula is C18H29N3. The highest BCUT2D eigenvalue weighted by molar-refractivity contribution is 5.24. The maximum absolute atomic E-state index is 4.84. The molecule has 2 fully saturated rings. The zero-order chi connectivity index (χ0) is 14.7. The lowest BCUT2D eigenvalue weighted by Crippen LogP contribution is -2.30. The van der Waals surface area contributed by atoms with Crippen molar-refractivity contribution in [1.29, 1.82) is 0 Å². The fraction of sp³-hybridized carbons (Fsp3) is 0.722. The van der Waals surface area contributed by atoms with E-state index in [0.717, 1.165) is 6.54 Å². The molecule has 0 bridgehead atoms. The van der Waals surface area contributed by atoms with Gasteiger partial charge in [0.1, 0.15) is 0 Å². The van der Waals surface area contributed by atoms with Gasteiger partial charge in [0.05, 0.1) is 0 Å². The van der Waals surface area contributed by atoms with E-state index in [1.807, 2.05) is 0 Å². The normalized spacial score (nSPS) is 22.6. The van der Waals surface area contributed by atoms with Gasteiger partial charge in [-0.25, -0.2) is 0 Å². The molecule has 0 radical (unpaired) electrons. The van der Waals surface area contributed by atoms with E-state index in [1.54, 1.807) is 0 Å². The minimum absolute atomic E-state index is 0.668. The van der Waals surface area contributed by atoms with Crippen molar-refractivity contribution in [3.63, 3.8) is 0 Å². The van der Waals surface area contributed by atoms with Crippen LogP contribution in [0, 0.1) is 6.92 Å². The molecule has 2 aliphatic heterocycles. The summed E-state index contributed by atoms with van der Waals surface area (Å²) < 4.78 is 0. The maximum Gasteiger partial charge on any atom is 0.0441 e. The molecule has 0 amide bonds. The highest BCUT2D eigenvalue weighted by Crippen LogP contribution is 2.27. The molecule has 3 heteroatoms. The van der Waals surface area contributed by atoms with Crippen LogP contribution in [-0.4, -0.2) is 48.0 Å². The predicted molar refractivity (Wildman–Crippen MR) is 87.6 cm³/mol. The Labute approximate surface area is 129 Å². The van der Waals surface area contributed by atoms with E-state index in [2.05, 4.69) is 35.9 Å². The summed E-state index contributed by atoms with van der Waals surface area (Å²) >= 11 is 0. The van der Waals surface area contributed by atoms with Gasteiger partial charge in [-0.05, 0) is 83.5 Å². The molecule has 0 aromatic carbocycles. The summed E-state index contributed by atoms with van der Waals surface area (Å²) in [5.74, 6) is 0.668. The van der Waals surface area contributed by atoms with Crippen molar-refractivity contribution in [2.45, 2.75) is 51.5 Å². The summed E-state index contributed by atoms with van der Waals surface area (Å²) in [6.07, 6.45) is 6.66. The Balaban J connectivity index is 1.70. The summed E-state index contributed by atoms with van der Waals surface area (Å²) in [4.78, 5) is 9.88. The van der Waals surface area contributed by atoms with Gasteiger partial charge in [-0.3, -0.25) is 9.88 Å². The number of pyridine rings is 1. The van der Waals surface area contributed by atoms with Gasteiger partial charge in [0, 0.05) is 23.9 Å². The van der Waals surface area contributed by atoms with Crippen molar-refractivity contribution >= 4 is 0 Å². The Morgan fingerprint density at radius 3 is 2.48 bits per heavy atom. The number of nitrogens with zero attached hydrogens (tertiary/aromatic N) is 3. The third kappa shape index (κ3) is 4.04. The predicted octanol–water partition coefficient (Wildman–Crippen LogP) is 3.19. The van der Waals surface area contributed by atoms with Gasteiger partial charge >= 0.3 is 0 Å². The van der Waals surface area contributed by atoms with Crippen LogP contribution in [0.25, 0.3) is 0 Å². The van der Waals surface area contributed by atoms with Crippen LogP contribution in [0.5, 0.6) is 0 Å². The van der Waals surface area contributed by atoms with Crippen molar-refractivity contribution in [1.82, 2.24) is 14.8 Å². The molecule has 116 valence electrons. The zero-order valence-electron chi connectivity index (χ0n) is 13.6. The summed E-state index contributed by atoms with van der Waals surface area (Å²) in [6.45, 7) is 8.22. The van der Waals surface area contributed by atoms with Crippen LogP contribution in [0.2, 0.25) is 0 Å². The topological polar surface area (TPSA) is 19.4 Å². The first-order valence-corrected chi connectivity index (χ1v) is 8.59. The van der Waals surface area contributed by atoms with Crippen molar-refractivity contribution < 1.29 is 0 Å². The SMILES string of the molecule is Cc1cc(CN2CCCCC2)cc(C2CCN(C)CC2)n1. The summed E-state index contributed by atoms with van der Waals surface area (Å²) in [5, 5.41) is 0. The van der Waals surface area contributed by atoms with Gasteiger partial charge in [-0.2, -0.15) is 0 Å². The van der Waals surface area contributed by atoms with Gasteiger partial charge in [-0.15, -0.1) is 0 Å². The minimum atomic E-state index is 0.668. The van der Waals surface area contributed by atoms with Crippen molar-refractivity contribution in [2.24, 2.45) is 0 Å². The second-order valence-electron chi connectivity index (χ2n) is 6.96. The Kier molecular flexibility index (Phi) is 4.91. The van der Waals surface area contributed by atoms with Crippen LogP contribution >= 0.6 is 0 Å². The van der Waals surface area contributed by atoms with Gasteiger partial charge in [0.2, 0.25) is 0 Å². The smallest absolute Gasteiger partial charge is 0.0441 e. The molecule has 2 aliphatic rings. The van der Waals surface area contributed by atoms with E-state index >= 15 is 0 Å². The first kappa shape index (κ1) is 15.0. The van der Waals surface area contributed by atoms with Crippen molar-refractivity contribution in [3.05, 3.63) is 29.1 Å². The van der Waals surface area contributed by atoms with Crippen molar-refractivity contribution in [2.75, 3.05) is 33.2 Å². The molecule has 2 saturated heterocycles. The first-order valence-electron chi connectivity index (χ1n) is 8.59. The van der Waals surface area contributed by atoms with Gasteiger partial charge in [-0.1, -0.05) is 6.42 Å². The minimum Gasteiger partial charge on any atom is -0.306 e. The van der Waals surface area contributed by atoms with E-state index in [9.17, 15) is 0 Å². The molecule has 3 rings (SSSR count). The van der Waals surface area contributed by atoms with Crippen molar-refractivity contribution in [3.8, 4) is 0 Å². The molecule has 0 aliphatic carbocycles. The van der Waals surface area contributed by atoms with E-state index in [1.165, 1.54) is 75.2 Å². The molecular weight excluding hydrogens is 258 g/mol. The second kappa shape index (κ2) is 6.89. The highest BCUT2D eigenvalue weighted by Gasteiger charge is 2.20. The molecule has 3 nitrogen and oxygen atoms in total. The third-order valence-electron chi connectivity index (χ3n) is 5.02. The third-order valence-corrected chi connectivity index (χ3v) is 5.02. The largest absolute Gasteiger partial charge is 0.306 e. The molecule has 0 saturated carbocycles. The lowest BCUT2D eigenvalue weighted by Gasteiger charge is -2.30. The number of aryl methyl sites for hydroxylation is 1. The van der Waals surface area contributed by atoms with Crippen LogP contribution in [-0.2, 0) is 6.54 Å². The number of rotatable bonds is 3. The molecule has 21 heavy (non-hydrogen) atoms. The van der Waals surface area contributed by atoms with Crippen LogP contribution < -0.4 is 0 Å². The second-order valence-corrected chi connectivity index (χ2v) is 6.96. The monoisotopic (exact) mass is 287 g/mol. The molecule has 1 aromatic rings. The van der Waals surface area contributed by atoms with E-state index in [4.69, 9.17) is 4.98 Å². The average Bonchev–Trinajstić information content (AvgIpc) is 2.48.